The van der Waals surface area contributed by atoms with Crippen LogP contribution in [0.5, 0.6) is 0 Å². The monoisotopic (exact) mass is 443 g/mol. The van der Waals surface area contributed by atoms with Crippen molar-refractivity contribution >= 4 is 17.0 Å². The van der Waals surface area contributed by atoms with Crippen LogP contribution in [0.4, 0.5) is 5.95 Å². The second kappa shape index (κ2) is 7.95. The van der Waals surface area contributed by atoms with E-state index in [-0.39, 0.29) is 0 Å². The van der Waals surface area contributed by atoms with Crippen molar-refractivity contribution in [3.05, 3.63) is 41.5 Å². The van der Waals surface area contributed by atoms with Gasteiger partial charge in [-0.3, -0.25) is 0 Å². The van der Waals surface area contributed by atoms with Gasteiger partial charge in [-0.1, -0.05) is 5.16 Å². The Balaban J connectivity index is 1.32. The van der Waals surface area contributed by atoms with Crippen molar-refractivity contribution in [2.75, 3.05) is 25.0 Å². The highest BCUT2D eigenvalue weighted by molar-refractivity contribution is 5.94. The van der Waals surface area contributed by atoms with Crippen LogP contribution in [0.2, 0.25) is 0 Å². The normalized spacial score (nSPS) is 22.6. The summed E-state index contributed by atoms with van der Waals surface area (Å²) >= 11 is 0. The number of aryl methyl sites for hydroxylation is 3. The van der Waals surface area contributed by atoms with Crippen molar-refractivity contribution in [2.24, 2.45) is 5.92 Å². The molecule has 4 aromatic rings. The summed E-state index contributed by atoms with van der Waals surface area (Å²) in [5.41, 5.74) is 6.48. The quantitative estimate of drug-likeness (QED) is 0.479. The molecule has 170 valence electrons. The molecule has 0 saturated carbocycles. The molecular formula is C25H29N7O. The summed E-state index contributed by atoms with van der Waals surface area (Å²) in [6.45, 7) is 9.43. The zero-order chi connectivity index (χ0) is 22.5. The van der Waals surface area contributed by atoms with Gasteiger partial charge in [-0.05, 0) is 76.7 Å². The number of hydrogen-bond donors (Lipinski definition) is 2. The molecule has 1 atom stereocenters. The van der Waals surface area contributed by atoms with Gasteiger partial charge in [-0.15, -0.1) is 0 Å². The van der Waals surface area contributed by atoms with Crippen LogP contribution in [0.15, 0.2) is 29.0 Å². The highest BCUT2D eigenvalue weighted by atomic mass is 16.5. The summed E-state index contributed by atoms with van der Waals surface area (Å²) < 4.78 is 5.33. The van der Waals surface area contributed by atoms with Gasteiger partial charge >= 0.3 is 0 Å². The van der Waals surface area contributed by atoms with Gasteiger partial charge < -0.3 is 19.7 Å². The minimum atomic E-state index is 0.401. The van der Waals surface area contributed by atoms with E-state index < -0.39 is 0 Å². The summed E-state index contributed by atoms with van der Waals surface area (Å²) in [6, 6.07) is 4.52. The molecule has 3 aliphatic rings. The fourth-order valence-electron chi connectivity index (χ4n) is 5.45. The largest absolute Gasteiger partial charge is 0.361 e. The molecule has 0 spiro atoms. The van der Waals surface area contributed by atoms with Crippen LogP contribution in [-0.4, -0.2) is 55.7 Å². The van der Waals surface area contributed by atoms with Crippen molar-refractivity contribution in [1.29, 1.82) is 0 Å². The molecule has 0 aliphatic carbocycles. The highest BCUT2D eigenvalue weighted by Gasteiger charge is 2.29. The Hall–Kier alpha value is -3.26. The van der Waals surface area contributed by atoms with Crippen LogP contribution in [0.25, 0.3) is 33.5 Å². The van der Waals surface area contributed by atoms with E-state index in [1.807, 2.05) is 32.3 Å². The van der Waals surface area contributed by atoms with Gasteiger partial charge in [0, 0.05) is 35.9 Å². The summed E-state index contributed by atoms with van der Waals surface area (Å²) in [5.74, 6) is 2.30. The van der Waals surface area contributed by atoms with Crippen LogP contribution in [0.3, 0.4) is 0 Å². The van der Waals surface area contributed by atoms with Gasteiger partial charge in [-0.25, -0.2) is 15.0 Å². The van der Waals surface area contributed by atoms with Crippen molar-refractivity contribution in [3.8, 4) is 22.5 Å². The molecule has 2 N–H and O–H groups in total. The number of nitrogens with one attached hydrogen (secondary N) is 2. The van der Waals surface area contributed by atoms with E-state index in [0.29, 0.717) is 12.0 Å². The van der Waals surface area contributed by atoms with Crippen molar-refractivity contribution < 1.29 is 4.52 Å². The second-order valence-corrected chi connectivity index (χ2v) is 9.54. The van der Waals surface area contributed by atoms with Gasteiger partial charge in [0.05, 0.1) is 22.6 Å². The van der Waals surface area contributed by atoms with Crippen LogP contribution in [0.1, 0.15) is 36.3 Å². The number of nitrogens with zero attached hydrogens (tertiary/aromatic N) is 5. The maximum Gasteiger partial charge on any atom is 0.223 e. The third-order valence-corrected chi connectivity index (χ3v) is 7.19. The number of piperidine rings is 1. The molecule has 3 aliphatic heterocycles. The van der Waals surface area contributed by atoms with E-state index in [2.05, 4.69) is 38.3 Å². The number of hydrogen-bond acceptors (Lipinski definition) is 7. The average molecular weight is 444 g/mol. The standard InChI is InChI=1S/C25H29N7O/c1-14-11-27-25(28-18-10-17-6-8-32(13-18)9-7-17)30-23(14)20-12-26-24-19(20)4-5-21(29-24)22-15(2)31-33-16(22)3/h4-5,11-12,17-18H,6-10,13H2,1-3H3,(H,26,29)(H,27,28,30)/t18-/m1/s1. The topological polar surface area (TPSA) is 95.8 Å². The fourth-order valence-corrected chi connectivity index (χ4v) is 5.45. The van der Waals surface area contributed by atoms with E-state index in [1.165, 1.54) is 32.4 Å². The average Bonchev–Trinajstić information content (AvgIpc) is 3.24. The number of fused-ring (bicyclic) bond motifs is 5. The minimum Gasteiger partial charge on any atom is -0.361 e. The van der Waals surface area contributed by atoms with Crippen LogP contribution >= 0.6 is 0 Å². The summed E-state index contributed by atoms with van der Waals surface area (Å²) in [4.78, 5) is 20.3. The van der Waals surface area contributed by atoms with Gasteiger partial charge in [0.2, 0.25) is 5.95 Å². The molecule has 3 fully saturated rings. The van der Waals surface area contributed by atoms with Crippen molar-refractivity contribution in [1.82, 2.24) is 30.0 Å². The molecule has 3 saturated heterocycles. The predicted molar refractivity (Wildman–Crippen MR) is 128 cm³/mol. The van der Waals surface area contributed by atoms with Gasteiger partial charge in [0.25, 0.3) is 0 Å². The SMILES string of the molecule is Cc1cnc(N[C@@H]2CC3CCN(CC3)C2)nc1-c1c[nH]c2nc(-c3c(C)noc3C)ccc12. The summed E-state index contributed by atoms with van der Waals surface area (Å²) in [6.07, 6.45) is 7.74. The molecule has 4 aromatic heterocycles. The maximum atomic E-state index is 5.33. The smallest absolute Gasteiger partial charge is 0.223 e. The van der Waals surface area contributed by atoms with E-state index in [4.69, 9.17) is 14.5 Å². The van der Waals surface area contributed by atoms with Gasteiger partial charge in [0.15, 0.2) is 0 Å². The molecule has 2 bridgehead atoms. The lowest BCUT2D eigenvalue weighted by Gasteiger charge is -2.26. The number of pyridine rings is 1. The Kier molecular flexibility index (Phi) is 4.90. The zero-order valence-corrected chi connectivity index (χ0v) is 19.4. The van der Waals surface area contributed by atoms with E-state index in [9.17, 15) is 0 Å². The first-order chi connectivity index (χ1) is 16.0. The second-order valence-electron chi connectivity index (χ2n) is 9.54. The fraction of sp³-hybridized carbons (Fsp3) is 0.440. The van der Waals surface area contributed by atoms with Gasteiger partial charge in [0.1, 0.15) is 11.4 Å². The number of H-pyrrole nitrogens is 1. The molecule has 33 heavy (non-hydrogen) atoms. The molecule has 0 radical (unpaired) electrons. The molecule has 7 heterocycles. The summed E-state index contributed by atoms with van der Waals surface area (Å²) in [7, 11) is 0. The highest BCUT2D eigenvalue weighted by Crippen LogP contribution is 2.33. The summed E-state index contributed by atoms with van der Waals surface area (Å²) in [5, 5.41) is 8.73. The number of aromatic amines is 1. The third-order valence-electron chi connectivity index (χ3n) is 7.19. The van der Waals surface area contributed by atoms with Crippen molar-refractivity contribution in [3.63, 3.8) is 0 Å². The minimum absolute atomic E-state index is 0.401. The predicted octanol–water partition coefficient (Wildman–Crippen LogP) is 4.50. The zero-order valence-electron chi connectivity index (χ0n) is 19.4. The Labute approximate surface area is 192 Å². The first-order valence-electron chi connectivity index (χ1n) is 11.8. The van der Waals surface area contributed by atoms with E-state index >= 15 is 0 Å². The Morgan fingerprint density at radius 3 is 2.76 bits per heavy atom. The lowest BCUT2D eigenvalue weighted by atomic mass is 9.94. The Morgan fingerprint density at radius 1 is 1.12 bits per heavy atom. The lowest BCUT2D eigenvalue weighted by Crippen LogP contribution is -2.35. The van der Waals surface area contributed by atoms with Crippen molar-refractivity contribution in [2.45, 2.75) is 46.1 Å². The molecular weight excluding hydrogens is 414 g/mol. The van der Waals surface area contributed by atoms with Crippen LogP contribution < -0.4 is 5.32 Å². The molecule has 8 nitrogen and oxygen atoms in total. The number of rotatable bonds is 4. The maximum absolute atomic E-state index is 5.33. The first kappa shape index (κ1) is 20.4. The third kappa shape index (κ3) is 3.68. The van der Waals surface area contributed by atoms with Crippen LogP contribution in [-0.2, 0) is 0 Å². The van der Waals surface area contributed by atoms with E-state index in [1.54, 1.807) is 0 Å². The molecule has 8 heteroatoms. The van der Waals surface area contributed by atoms with Gasteiger partial charge in [-0.2, -0.15) is 0 Å². The first-order valence-corrected chi connectivity index (χ1v) is 11.8. The lowest BCUT2D eigenvalue weighted by molar-refractivity contribution is 0.223. The number of anilines is 1. The number of aromatic nitrogens is 5. The van der Waals surface area contributed by atoms with E-state index in [0.717, 1.165) is 63.0 Å². The molecule has 0 aromatic carbocycles. The molecule has 0 unspecified atom stereocenters. The Morgan fingerprint density at radius 2 is 1.97 bits per heavy atom. The Bertz CT molecular complexity index is 1280. The van der Waals surface area contributed by atoms with Crippen LogP contribution in [0, 0.1) is 26.7 Å². The molecule has 0 amide bonds. The molecule has 7 rings (SSSR count).